The predicted octanol–water partition coefficient (Wildman–Crippen LogP) is 4.78. The van der Waals surface area contributed by atoms with Gasteiger partial charge < -0.3 is 14.8 Å². The molecule has 0 bridgehead atoms. The standard InChI is InChI=1S/C26H29N5O3/c1-30-16-22(17-8-4-5-9-17)24(29-30)26(32)25(23-14-19-10-6-7-11-31(19)28-23)27-18-12-20(33-2)15-21(13-18)34-3/h6-7,10-17,25,27H,4-5,8-9H2,1-3H3. The third-order valence-corrected chi connectivity index (χ3v) is 6.49. The van der Waals surface area contributed by atoms with Gasteiger partial charge in [0, 0.05) is 48.9 Å². The van der Waals surface area contributed by atoms with E-state index in [1.807, 2.05) is 55.8 Å². The number of ether oxygens (including phenoxy) is 2. The normalized spacial score (nSPS) is 14.9. The Morgan fingerprint density at radius 1 is 1.06 bits per heavy atom. The SMILES string of the molecule is COc1cc(NC(C(=O)c2nn(C)cc2C2CCCC2)c2cc3ccccn3n2)cc(OC)c1. The van der Waals surface area contributed by atoms with Crippen LogP contribution in [0.15, 0.2) is 54.9 Å². The summed E-state index contributed by atoms with van der Waals surface area (Å²) in [4.78, 5) is 14.1. The van der Waals surface area contributed by atoms with E-state index < -0.39 is 6.04 Å². The van der Waals surface area contributed by atoms with Gasteiger partial charge >= 0.3 is 0 Å². The van der Waals surface area contributed by atoms with E-state index in [-0.39, 0.29) is 5.78 Å². The van der Waals surface area contributed by atoms with Crippen molar-refractivity contribution >= 4 is 17.0 Å². The average Bonchev–Trinajstić information content (AvgIpc) is 3.60. The van der Waals surface area contributed by atoms with Crippen molar-refractivity contribution in [1.82, 2.24) is 19.4 Å². The van der Waals surface area contributed by atoms with E-state index in [0.717, 1.165) is 23.9 Å². The molecule has 0 spiro atoms. The van der Waals surface area contributed by atoms with E-state index in [9.17, 15) is 4.79 Å². The molecule has 5 rings (SSSR count). The molecule has 1 atom stereocenters. The lowest BCUT2D eigenvalue weighted by Gasteiger charge is -2.19. The molecule has 1 aliphatic rings. The Morgan fingerprint density at radius 2 is 1.79 bits per heavy atom. The minimum atomic E-state index is -0.730. The molecule has 4 aromatic rings. The molecule has 1 aliphatic carbocycles. The van der Waals surface area contributed by atoms with Crippen molar-refractivity contribution in [3.05, 3.63) is 71.8 Å². The van der Waals surface area contributed by atoms with Crippen LogP contribution in [0.5, 0.6) is 11.5 Å². The van der Waals surface area contributed by atoms with Gasteiger partial charge in [-0.1, -0.05) is 18.9 Å². The summed E-state index contributed by atoms with van der Waals surface area (Å²) >= 11 is 0. The summed E-state index contributed by atoms with van der Waals surface area (Å²) in [5.74, 6) is 1.53. The Balaban J connectivity index is 1.58. The fourth-order valence-electron chi connectivity index (χ4n) is 4.80. The zero-order valence-electron chi connectivity index (χ0n) is 19.7. The number of benzene rings is 1. The summed E-state index contributed by atoms with van der Waals surface area (Å²) < 4.78 is 14.4. The maximum Gasteiger partial charge on any atom is 0.211 e. The number of nitrogens with one attached hydrogen (secondary N) is 1. The van der Waals surface area contributed by atoms with E-state index in [2.05, 4.69) is 10.4 Å². The molecule has 1 unspecified atom stereocenters. The lowest BCUT2D eigenvalue weighted by Crippen LogP contribution is -2.24. The molecule has 1 saturated carbocycles. The van der Waals surface area contributed by atoms with E-state index in [4.69, 9.17) is 14.6 Å². The molecule has 3 aromatic heterocycles. The number of anilines is 1. The summed E-state index contributed by atoms with van der Waals surface area (Å²) in [5.41, 5.74) is 3.78. The summed E-state index contributed by atoms with van der Waals surface area (Å²) in [5, 5.41) is 12.7. The first-order valence-electron chi connectivity index (χ1n) is 11.6. The zero-order chi connectivity index (χ0) is 23.7. The van der Waals surface area contributed by atoms with Crippen LogP contribution in [0.3, 0.4) is 0 Å². The fourth-order valence-corrected chi connectivity index (χ4v) is 4.80. The topological polar surface area (TPSA) is 82.7 Å². The second kappa shape index (κ2) is 9.21. The maximum absolute atomic E-state index is 14.1. The van der Waals surface area contributed by atoms with Gasteiger partial charge in [-0.3, -0.25) is 9.48 Å². The summed E-state index contributed by atoms with van der Waals surface area (Å²) in [6.07, 6.45) is 8.42. The Labute approximate surface area is 198 Å². The Morgan fingerprint density at radius 3 is 2.47 bits per heavy atom. The second-order valence-electron chi connectivity index (χ2n) is 8.77. The Kier molecular flexibility index (Phi) is 5.96. The highest BCUT2D eigenvalue weighted by atomic mass is 16.5. The van der Waals surface area contributed by atoms with Crippen molar-refractivity contribution in [2.24, 2.45) is 7.05 Å². The smallest absolute Gasteiger partial charge is 0.211 e. The molecular weight excluding hydrogens is 430 g/mol. The van der Waals surface area contributed by atoms with Gasteiger partial charge in [-0.05, 0) is 37.0 Å². The monoisotopic (exact) mass is 459 g/mol. The van der Waals surface area contributed by atoms with E-state index in [1.54, 1.807) is 29.5 Å². The van der Waals surface area contributed by atoms with Crippen molar-refractivity contribution < 1.29 is 14.3 Å². The van der Waals surface area contributed by atoms with Crippen LogP contribution in [-0.4, -0.2) is 39.4 Å². The van der Waals surface area contributed by atoms with Gasteiger partial charge in [0.1, 0.15) is 23.2 Å². The highest BCUT2D eigenvalue weighted by Gasteiger charge is 2.32. The molecule has 0 radical (unpaired) electrons. The van der Waals surface area contributed by atoms with Crippen molar-refractivity contribution in [3.8, 4) is 11.5 Å². The lowest BCUT2D eigenvalue weighted by molar-refractivity contribution is 0.0961. The van der Waals surface area contributed by atoms with Gasteiger partial charge in [0.15, 0.2) is 0 Å². The third kappa shape index (κ3) is 4.23. The van der Waals surface area contributed by atoms with Crippen LogP contribution in [0.25, 0.3) is 5.52 Å². The van der Waals surface area contributed by atoms with Crippen LogP contribution in [-0.2, 0) is 7.05 Å². The number of aryl methyl sites for hydroxylation is 1. The van der Waals surface area contributed by atoms with E-state index >= 15 is 0 Å². The van der Waals surface area contributed by atoms with Crippen LogP contribution in [0.1, 0.15) is 59.4 Å². The van der Waals surface area contributed by atoms with Crippen LogP contribution in [0.2, 0.25) is 0 Å². The molecule has 0 amide bonds. The molecule has 34 heavy (non-hydrogen) atoms. The van der Waals surface area contributed by atoms with E-state index in [0.29, 0.717) is 34.5 Å². The van der Waals surface area contributed by atoms with Gasteiger partial charge in [0.2, 0.25) is 5.78 Å². The summed E-state index contributed by atoms with van der Waals surface area (Å²) in [6.45, 7) is 0. The second-order valence-corrected chi connectivity index (χ2v) is 8.77. The highest BCUT2D eigenvalue weighted by Crippen LogP contribution is 2.37. The zero-order valence-corrected chi connectivity index (χ0v) is 19.7. The van der Waals surface area contributed by atoms with Crippen molar-refractivity contribution in [2.75, 3.05) is 19.5 Å². The fraction of sp³-hybridized carbons (Fsp3) is 0.346. The van der Waals surface area contributed by atoms with Gasteiger partial charge in [-0.25, -0.2) is 4.52 Å². The lowest BCUT2D eigenvalue weighted by atomic mass is 9.94. The molecule has 3 heterocycles. The predicted molar refractivity (Wildman–Crippen MR) is 130 cm³/mol. The minimum Gasteiger partial charge on any atom is -0.497 e. The maximum atomic E-state index is 14.1. The van der Waals surface area contributed by atoms with Crippen LogP contribution < -0.4 is 14.8 Å². The highest BCUT2D eigenvalue weighted by molar-refractivity contribution is 6.02. The van der Waals surface area contributed by atoms with Crippen LogP contribution in [0, 0.1) is 0 Å². The first-order valence-corrected chi connectivity index (χ1v) is 11.6. The minimum absolute atomic E-state index is 0.104. The van der Waals surface area contributed by atoms with Gasteiger partial charge in [0.05, 0.1) is 25.4 Å². The Hall–Kier alpha value is -3.81. The number of carbonyl (C=O) groups excluding carboxylic acids is 1. The van der Waals surface area contributed by atoms with Crippen molar-refractivity contribution in [2.45, 2.75) is 37.6 Å². The molecule has 1 fully saturated rings. The molecule has 1 aromatic carbocycles. The van der Waals surface area contributed by atoms with Gasteiger partial charge in [-0.2, -0.15) is 10.2 Å². The summed E-state index contributed by atoms with van der Waals surface area (Å²) in [6, 6.07) is 12.5. The van der Waals surface area contributed by atoms with E-state index in [1.165, 1.54) is 12.8 Å². The molecule has 0 saturated heterocycles. The number of hydrogen-bond acceptors (Lipinski definition) is 6. The number of methoxy groups -OCH3 is 2. The number of nitrogens with zero attached hydrogens (tertiary/aromatic N) is 4. The number of fused-ring (bicyclic) bond motifs is 1. The third-order valence-electron chi connectivity index (χ3n) is 6.49. The first-order chi connectivity index (χ1) is 16.6. The largest absolute Gasteiger partial charge is 0.497 e. The van der Waals surface area contributed by atoms with Gasteiger partial charge in [0.25, 0.3) is 0 Å². The van der Waals surface area contributed by atoms with Crippen LogP contribution >= 0.6 is 0 Å². The Bertz CT molecular complexity index is 1260. The number of hydrogen-bond donors (Lipinski definition) is 1. The number of ketones is 1. The average molecular weight is 460 g/mol. The molecule has 8 heteroatoms. The first kappa shape index (κ1) is 22.0. The van der Waals surface area contributed by atoms with Gasteiger partial charge in [-0.15, -0.1) is 0 Å². The number of carbonyl (C=O) groups is 1. The number of pyridine rings is 1. The molecule has 0 aliphatic heterocycles. The summed E-state index contributed by atoms with van der Waals surface area (Å²) in [7, 11) is 5.08. The number of Topliss-reactive ketones (excluding diaryl/α,β-unsaturated/α-hetero) is 1. The molecule has 8 nitrogen and oxygen atoms in total. The van der Waals surface area contributed by atoms with Crippen molar-refractivity contribution in [3.63, 3.8) is 0 Å². The molecule has 1 N–H and O–H groups in total. The molecule has 176 valence electrons. The molecular formula is C26H29N5O3. The van der Waals surface area contributed by atoms with Crippen LogP contribution in [0.4, 0.5) is 5.69 Å². The number of aromatic nitrogens is 4. The van der Waals surface area contributed by atoms with Crippen molar-refractivity contribution in [1.29, 1.82) is 0 Å². The number of rotatable bonds is 8. The quantitative estimate of drug-likeness (QED) is 0.382.